The van der Waals surface area contributed by atoms with Crippen molar-refractivity contribution in [1.29, 1.82) is 5.26 Å². The zero-order valence-electron chi connectivity index (χ0n) is 11.1. The first-order valence-electron chi connectivity index (χ1n) is 6.69. The predicted octanol–water partition coefficient (Wildman–Crippen LogP) is 1.22. The summed E-state index contributed by atoms with van der Waals surface area (Å²) in [6.45, 7) is 1.98. The third-order valence-corrected chi connectivity index (χ3v) is 3.32. The second kappa shape index (κ2) is 5.39. The molecule has 0 aliphatic carbocycles. The van der Waals surface area contributed by atoms with Crippen LogP contribution in [0.15, 0.2) is 12.1 Å². The topological polar surface area (TPSA) is 86.1 Å². The molecular formula is C14H16N4O2. The number of benzene rings is 1. The number of imidazole rings is 1. The monoisotopic (exact) mass is 272 g/mol. The van der Waals surface area contributed by atoms with E-state index in [9.17, 15) is 0 Å². The van der Waals surface area contributed by atoms with Gasteiger partial charge in [-0.1, -0.05) is 0 Å². The third-order valence-electron chi connectivity index (χ3n) is 3.32. The van der Waals surface area contributed by atoms with Crippen LogP contribution in [0.25, 0.3) is 11.0 Å². The van der Waals surface area contributed by atoms with Gasteiger partial charge in [-0.05, 0) is 13.0 Å². The Kier molecular flexibility index (Phi) is 3.44. The van der Waals surface area contributed by atoms with Crippen LogP contribution in [0.3, 0.4) is 0 Å². The number of hydrogen-bond acceptors (Lipinski definition) is 5. The molecule has 0 spiro atoms. The van der Waals surface area contributed by atoms with Crippen molar-refractivity contribution in [3.8, 4) is 17.6 Å². The molecule has 20 heavy (non-hydrogen) atoms. The summed E-state index contributed by atoms with van der Waals surface area (Å²) in [4.78, 5) is 4.60. The smallest absolute Gasteiger partial charge is 0.163 e. The van der Waals surface area contributed by atoms with Crippen LogP contribution in [0.5, 0.6) is 11.5 Å². The van der Waals surface area contributed by atoms with Gasteiger partial charge in [-0.2, -0.15) is 5.26 Å². The summed E-state index contributed by atoms with van der Waals surface area (Å²) in [6, 6.07) is 5.96. The summed E-state index contributed by atoms with van der Waals surface area (Å²) in [6.07, 6.45) is 1.61. The summed E-state index contributed by atoms with van der Waals surface area (Å²) in [5.41, 5.74) is 7.29. The minimum absolute atomic E-state index is 0.274. The van der Waals surface area contributed by atoms with Crippen LogP contribution in [0.2, 0.25) is 0 Å². The summed E-state index contributed by atoms with van der Waals surface area (Å²) >= 11 is 0. The van der Waals surface area contributed by atoms with Gasteiger partial charge in [-0.25, -0.2) is 4.98 Å². The van der Waals surface area contributed by atoms with Crippen LogP contribution in [0.1, 0.15) is 12.2 Å². The maximum absolute atomic E-state index is 9.01. The van der Waals surface area contributed by atoms with Gasteiger partial charge in [0.2, 0.25) is 0 Å². The number of nitrogens with zero attached hydrogens (tertiary/aromatic N) is 3. The lowest BCUT2D eigenvalue weighted by Crippen LogP contribution is -2.15. The van der Waals surface area contributed by atoms with Crippen molar-refractivity contribution in [2.24, 2.45) is 5.73 Å². The van der Waals surface area contributed by atoms with Gasteiger partial charge < -0.3 is 19.8 Å². The molecule has 2 N–H and O–H groups in total. The Hall–Kier alpha value is -2.26. The summed E-state index contributed by atoms with van der Waals surface area (Å²) in [7, 11) is 0. The molecule has 6 heteroatoms. The lowest BCUT2D eigenvalue weighted by atomic mass is 10.2. The lowest BCUT2D eigenvalue weighted by molar-refractivity contribution is 0.172. The predicted molar refractivity (Wildman–Crippen MR) is 73.7 cm³/mol. The molecule has 1 aliphatic rings. The summed E-state index contributed by atoms with van der Waals surface area (Å²) < 4.78 is 13.1. The van der Waals surface area contributed by atoms with Crippen molar-refractivity contribution < 1.29 is 9.47 Å². The van der Waals surface area contributed by atoms with E-state index in [0.717, 1.165) is 35.4 Å². The van der Waals surface area contributed by atoms with Gasteiger partial charge in [-0.3, -0.25) is 0 Å². The molecule has 1 aliphatic heterocycles. The van der Waals surface area contributed by atoms with E-state index in [1.54, 1.807) is 0 Å². The van der Waals surface area contributed by atoms with Crippen LogP contribution < -0.4 is 15.2 Å². The van der Waals surface area contributed by atoms with Gasteiger partial charge in [0.1, 0.15) is 25.6 Å². The average molecular weight is 272 g/mol. The van der Waals surface area contributed by atoms with E-state index < -0.39 is 0 Å². The second-order valence-electron chi connectivity index (χ2n) is 4.65. The lowest BCUT2D eigenvalue weighted by Gasteiger charge is -2.18. The first-order valence-corrected chi connectivity index (χ1v) is 6.69. The standard InChI is InChI=1S/C14H16N4O2/c15-3-1-2-14-17-10-8-12-13(20-7-6-19-12)9-11(10)18(14)5-4-16/h8-9H,1-3,5-7,15H2. The molecule has 0 saturated heterocycles. The van der Waals surface area contributed by atoms with Crippen LogP contribution in [0.4, 0.5) is 0 Å². The van der Waals surface area contributed by atoms with Crippen molar-refractivity contribution in [1.82, 2.24) is 9.55 Å². The number of hydrogen-bond donors (Lipinski definition) is 1. The zero-order valence-corrected chi connectivity index (χ0v) is 11.1. The normalized spacial score (nSPS) is 13.4. The van der Waals surface area contributed by atoms with Crippen LogP contribution in [0, 0.1) is 11.3 Å². The van der Waals surface area contributed by atoms with Gasteiger partial charge in [0, 0.05) is 18.6 Å². The number of nitrogens with two attached hydrogens (primary N) is 1. The summed E-state index contributed by atoms with van der Waals surface area (Å²) in [5, 5.41) is 9.01. The number of fused-ring (bicyclic) bond motifs is 2. The Labute approximate surface area is 116 Å². The van der Waals surface area contributed by atoms with E-state index in [4.69, 9.17) is 20.5 Å². The van der Waals surface area contributed by atoms with E-state index in [0.29, 0.717) is 25.5 Å². The molecule has 0 radical (unpaired) electrons. The molecule has 1 aromatic heterocycles. The molecule has 0 unspecified atom stereocenters. The molecule has 0 fully saturated rings. The molecule has 3 rings (SSSR count). The zero-order chi connectivity index (χ0) is 13.9. The fraction of sp³-hybridized carbons (Fsp3) is 0.429. The molecule has 0 saturated carbocycles. The van der Waals surface area contributed by atoms with Crippen LogP contribution in [-0.2, 0) is 13.0 Å². The first-order chi connectivity index (χ1) is 9.83. The highest BCUT2D eigenvalue weighted by atomic mass is 16.6. The molecule has 6 nitrogen and oxygen atoms in total. The number of aryl methyl sites for hydroxylation is 1. The fourth-order valence-electron chi connectivity index (χ4n) is 2.41. The minimum atomic E-state index is 0.274. The highest BCUT2D eigenvalue weighted by Crippen LogP contribution is 2.34. The minimum Gasteiger partial charge on any atom is -0.486 e. The first kappa shape index (κ1) is 12.8. The molecule has 2 aromatic rings. The molecule has 0 bridgehead atoms. The molecule has 104 valence electrons. The Morgan fingerprint density at radius 3 is 2.75 bits per heavy atom. The van der Waals surface area contributed by atoms with E-state index >= 15 is 0 Å². The molecule has 2 heterocycles. The number of rotatable bonds is 4. The van der Waals surface area contributed by atoms with Crippen molar-refractivity contribution in [3.63, 3.8) is 0 Å². The maximum Gasteiger partial charge on any atom is 0.163 e. The molecular weight excluding hydrogens is 256 g/mol. The van der Waals surface area contributed by atoms with Crippen molar-refractivity contribution in [2.45, 2.75) is 19.4 Å². The molecule has 0 atom stereocenters. The second-order valence-corrected chi connectivity index (χ2v) is 4.65. The SMILES string of the molecule is N#CCn1c(CCCN)nc2cc3c(cc21)OCCO3. The van der Waals surface area contributed by atoms with Gasteiger partial charge in [0.25, 0.3) is 0 Å². The largest absolute Gasteiger partial charge is 0.486 e. The number of nitriles is 1. The van der Waals surface area contributed by atoms with E-state index in [2.05, 4.69) is 11.1 Å². The quantitative estimate of drug-likeness (QED) is 0.904. The molecule has 1 aromatic carbocycles. The number of ether oxygens (including phenoxy) is 2. The Bertz CT molecular complexity index is 672. The average Bonchev–Trinajstić information content (AvgIpc) is 2.80. The van der Waals surface area contributed by atoms with Gasteiger partial charge >= 0.3 is 0 Å². The Morgan fingerprint density at radius 1 is 1.30 bits per heavy atom. The van der Waals surface area contributed by atoms with Crippen molar-refractivity contribution >= 4 is 11.0 Å². The van der Waals surface area contributed by atoms with Gasteiger partial charge in [0.05, 0.1) is 17.1 Å². The number of aromatic nitrogens is 2. The van der Waals surface area contributed by atoms with Gasteiger partial charge in [-0.15, -0.1) is 0 Å². The van der Waals surface area contributed by atoms with E-state index in [1.807, 2.05) is 16.7 Å². The highest BCUT2D eigenvalue weighted by molar-refractivity contribution is 5.81. The van der Waals surface area contributed by atoms with Crippen molar-refractivity contribution in [3.05, 3.63) is 18.0 Å². The Balaban J connectivity index is 2.10. The van der Waals surface area contributed by atoms with Crippen LogP contribution >= 0.6 is 0 Å². The maximum atomic E-state index is 9.01. The summed E-state index contributed by atoms with van der Waals surface area (Å²) in [5.74, 6) is 2.32. The molecule has 0 amide bonds. The van der Waals surface area contributed by atoms with E-state index in [1.165, 1.54) is 0 Å². The third kappa shape index (κ3) is 2.17. The van der Waals surface area contributed by atoms with E-state index in [-0.39, 0.29) is 6.54 Å². The fourth-order valence-corrected chi connectivity index (χ4v) is 2.41. The Morgan fingerprint density at radius 2 is 2.05 bits per heavy atom. The highest BCUT2D eigenvalue weighted by Gasteiger charge is 2.17. The van der Waals surface area contributed by atoms with Gasteiger partial charge in [0.15, 0.2) is 11.5 Å². The van der Waals surface area contributed by atoms with Crippen LogP contribution in [-0.4, -0.2) is 29.3 Å². The van der Waals surface area contributed by atoms with Crippen molar-refractivity contribution in [2.75, 3.05) is 19.8 Å².